The molecule has 0 amide bonds. The van der Waals surface area contributed by atoms with Crippen molar-refractivity contribution in [1.82, 2.24) is 0 Å². The van der Waals surface area contributed by atoms with E-state index < -0.39 is 11.9 Å². The summed E-state index contributed by atoms with van der Waals surface area (Å²) in [6.07, 6.45) is 1.02. The number of hydrogen-bond donors (Lipinski definition) is 1. The summed E-state index contributed by atoms with van der Waals surface area (Å²) in [4.78, 5) is 11.3. The van der Waals surface area contributed by atoms with Gasteiger partial charge in [0.05, 0.1) is 13.0 Å². The second-order valence-electron chi connectivity index (χ2n) is 5.35. The first-order valence-corrected chi connectivity index (χ1v) is 6.96. The van der Waals surface area contributed by atoms with Crippen LogP contribution in [0.25, 0.3) is 0 Å². The van der Waals surface area contributed by atoms with Crippen molar-refractivity contribution in [3.8, 4) is 5.75 Å². The molecule has 1 aromatic rings. The fourth-order valence-electron chi connectivity index (χ4n) is 1.94. The Bertz CT molecular complexity index is 415. The highest BCUT2D eigenvalue weighted by Crippen LogP contribution is 2.18. The van der Waals surface area contributed by atoms with Gasteiger partial charge in [0.2, 0.25) is 0 Å². The normalized spacial score (nSPS) is 12.4. The molecule has 1 unspecified atom stereocenters. The standard InChI is InChI=1S/C16H24O4/c1-12(2)11-20-8-7-14(16(17)18)9-13-5-4-6-15(10-13)19-3/h4-6,10,12,14H,7-9,11H2,1-3H3,(H,17,18). The van der Waals surface area contributed by atoms with Crippen molar-refractivity contribution in [2.24, 2.45) is 11.8 Å². The quantitative estimate of drug-likeness (QED) is 0.706. The molecule has 1 rings (SSSR count). The molecule has 0 saturated heterocycles. The van der Waals surface area contributed by atoms with Crippen LogP contribution < -0.4 is 4.74 Å². The molecule has 0 aliphatic rings. The van der Waals surface area contributed by atoms with Crippen molar-refractivity contribution < 1.29 is 19.4 Å². The molecule has 20 heavy (non-hydrogen) atoms. The Labute approximate surface area is 120 Å². The van der Waals surface area contributed by atoms with Crippen molar-refractivity contribution in [3.63, 3.8) is 0 Å². The molecule has 0 aliphatic carbocycles. The van der Waals surface area contributed by atoms with Gasteiger partial charge in [-0.2, -0.15) is 0 Å². The SMILES string of the molecule is COc1cccc(CC(CCOCC(C)C)C(=O)O)c1. The third kappa shape index (κ3) is 6.06. The summed E-state index contributed by atoms with van der Waals surface area (Å²) in [5.74, 6) is 0.0228. The largest absolute Gasteiger partial charge is 0.497 e. The van der Waals surface area contributed by atoms with Gasteiger partial charge in [0.1, 0.15) is 5.75 Å². The zero-order valence-electron chi connectivity index (χ0n) is 12.5. The first-order chi connectivity index (χ1) is 9.52. The van der Waals surface area contributed by atoms with Gasteiger partial charge in [0.25, 0.3) is 0 Å². The van der Waals surface area contributed by atoms with Gasteiger partial charge >= 0.3 is 5.97 Å². The first kappa shape index (κ1) is 16.5. The monoisotopic (exact) mass is 280 g/mol. The minimum absolute atomic E-state index is 0.422. The highest BCUT2D eigenvalue weighted by atomic mass is 16.5. The van der Waals surface area contributed by atoms with Gasteiger partial charge in [-0.1, -0.05) is 26.0 Å². The first-order valence-electron chi connectivity index (χ1n) is 6.96. The number of ether oxygens (including phenoxy) is 2. The van der Waals surface area contributed by atoms with Crippen LogP contribution in [0.3, 0.4) is 0 Å². The summed E-state index contributed by atoms with van der Waals surface area (Å²) >= 11 is 0. The zero-order valence-corrected chi connectivity index (χ0v) is 12.5. The van der Waals surface area contributed by atoms with E-state index in [0.717, 1.165) is 11.3 Å². The van der Waals surface area contributed by atoms with Gasteiger partial charge in [0, 0.05) is 13.2 Å². The number of carbonyl (C=O) groups is 1. The average Bonchev–Trinajstić information content (AvgIpc) is 2.42. The molecule has 4 nitrogen and oxygen atoms in total. The summed E-state index contributed by atoms with van der Waals surface area (Å²) in [7, 11) is 1.60. The summed E-state index contributed by atoms with van der Waals surface area (Å²) < 4.78 is 10.6. The number of hydrogen-bond acceptors (Lipinski definition) is 3. The van der Waals surface area contributed by atoms with E-state index in [1.54, 1.807) is 7.11 Å². The van der Waals surface area contributed by atoms with Crippen LogP contribution in [0.2, 0.25) is 0 Å². The predicted molar refractivity (Wildman–Crippen MR) is 78.1 cm³/mol. The van der Waals surface area contributed by atoms with E-state index in [1.165, 1.54) is 0 Å². The summed E-state index contributed by atoms with van der Waals surface area (Å²) in [5.41, 5.74) is 0.973. The maximum absolute atomic E-state index is 11.3. The molecular formula is C16H24O4. The lowest BCUT2D eigenvalue weighted by Crippen LogP contribution is -2.19. The Morgan fingerprint density at radius 3 is 2.70 bits per heavy atom. The van der Waals surface area contributed by atoms with E-state index in [4.69, 9.17) is 9.47 Å². The van der Waals surface area contributed by atoms with Crippen LogP contribution in [0.4, 0.5) is 0 Å². The molecule has 4 heteroatoms. The van der Waals surface area contributed by atoms with Crippen molar-refractivity contribution in [2.75, 3.05) is 20.3 Å². The number of rotatable bonds is 9. The van der Waals surface area contributed by atoms with Crippen molar-refractivity contribution in [1.29, 1.82) is 0 Å². The predicted octanol–water partition coefficient (Wildman–Crippen LogP) is 3.00. The van der Waals surface area contributed by atoms with Crippen molar-refractivity contribution in [2.45, 2.75) is 26.7 Å². The van der Waals surface area contributed by atoms with Crippen molar-refractivity contribution in [3.05, 3.63) is 29.8 Å². The Morgan fingerprint density at radius 2 is 2.10 bits per heavy atom. The maximum Gasteiger partial charge on any atom is 0.306 e. The highest BCUT2D eigenvalue weighted by molar-refractivity contribution is 5.70. The fourth-order valence-corrected chi connectivity index (χ4v) is 1.94. The second-order valence-corrected chi connectivity index (χ2v) is 5.35. The van der Waals surface area contributed by atoms with Crippen LogP contribution in [0.1, 0.15) is 25.8 Å². The van der Waals surface area contributed by atoms with Crippen LogP contribution >= 0.6 is 0 Å². The molecule has 0 heterocycles. The lowest BCUT2D eigenvalue weighted by molar-refractivity contribution is -0.142. The number of benzene rings is 1. The summed E-state index contributed by atoms with van der Waals surface area (Å²) in [6, 6.07) is 7.53. The number of carboxylic acid groups (broad SMARTS) is 1. The van der Waals surface area contributed by atoms with Crippen LogP contribution in [-0.2, 0) is 16.0 Å². The molecule has 0 bridgehead atoms. The molecule has 1 aromatic carbocycles. The fraction of sp³-hybridized carbons (Fsp3) is 0.562. The van der Waals surface area contributed by atoms with E-state index >= 15 is 0 Å². The van der Waals surface area contributed by atoms with Gasteiger partial charge in [-0.3, -0.25) is 4.79 Å². The Morgan fingerprint density at radius 1 is 1.35 bits per heavy atom. The molecule has 1 N–H and O–H groups in total. The molecule has 0 spiro atoms. The van der Waals surface area contributed by atoms with E-state index in [9.17, 15) is 9.90 Å². The molecule has 1 atom stereocenters. The minimum atomic E-state index is -0.777. The summed E-state index contributed by atoms with van der Waals surface area (Å²) in [6.45, 7) is 5.31. The third-order valence-electron chi connectivity index (χ3n) is 3.03. The van der Waals surface area contributed by atoms with Crippen LogP contribution in [0.5, 0.6) is 5.75 Å². The lowest BCUT2D eigenvalue weighted by atomic mass is 9.96. The summed E-state index contributed by atoms with van der Waals surface area (Å²) in [5, 5.41) is 9.28. The Balaban J connectivity index is 2.51. The number of carboxylic acids is 1. The average molecular weight is 280 g/mol. The maximum atomic E-state index is 11.3. The van der Waals surface area contributed by atoms with Gasteiger partial charge < -0.3 is 14.6 Å². The van der Waals surface area contributed by atoms with Crippen LogP contribution in [0.15, 0.2) is 24.3 Å². The van der Waals surface area contributed by atoms with Gasteiger partial charge in [0.15, 0.2) is 0 Å². The number of aliphatic carboxylic acids is 1. The van der Waals surface area contributed by atoms with Gasteiger partial charge in [-0.25, -0.2) is 0 Å². The molecule has 112 valence electrons. The number of methoxy groups -OCH3 is 1. The van der Waals surface area contributed by atoms with Gasteiger partial charge in [-0.05, 0) is 36.5 Å². The minimum Gasteiger partial charge on any atom is -0.497 e. The van der Waals surface area contributed by atoms with Crippen LogP contribution in [0, 0.1) is 11.8 Å². The van der Waals surface area contributed by atoms with Crippen LogP contribution in [-0.4, -0.2) is 31.4 Å². The molecule has 0 radical (unpaired) electrons. The van der Waals surface area contributed by atoms with E-state index in [1.807, 2.05) is 24.3 Å². The molecule has 0 fully saturated rings. The highest BCUT2D eigenvalue weighted by Gasteiger charge is 2.18. The smallest absolute Gasteiger partial charge is 0.306 e. The Kier molecular flexibility index (Phi) is 7.09. The third-order valence-corrected chi connectivity index (χ3v) is 3.03. The van der Waals surface area contributed by atoms with E-state index in [2.05, 4.69) is 13.8 Å². The van der Waals surface area contributed by atoms with E-state index in [-0.39, 0.29) is 0 Å². The topological polar surface area (TPSA) is 55.8 Å². The molecule has 0 saturated carbocycles. The zero-order chi connectivity index (χ0) is 15.0. The lowest BCUT2D eigenvalue weighted by Gasteiger charge is -2.14. The molecule has 0 aromatic heterocycles. The Hall–Kier alpha value is -1.55. The van der Waals surface area contributed by atoms with Crippen molar-refractivity contribution >= 4 is 5.97 Å². The molecule has 0 aliphatic heterocycles. The second kappa shape index (κ2) is 8.59. The van der Waals surface area contributed by atoms with E-state index in [0.29, 0.717) is 32.0 Å². The molecular weight excluding hydrogens is 256 g/mol. The van der Waals surface area contributed by atoms with Gasteiger partial charge in [-0.15, -0.1) is 0 Å².